The summed E-state index contributed by atoms with van der Waals surface area (Å²) < 4.78 is 31.8. The molecule has 1 aromatic rings. The molecule has 2 saturated heterocycles. The number of nitrogens with zero attached hydrogens (tertiary/aromatic N) is 1. The van der Waals surface area contributed by atoms with E-state index in [9.17, 15) is 14.0 Å². The smallest absolute Gasteiger partial charge is 0.261 e. The highest BCUT2D eigenvalue weighted by molar-refractivity contribution is 5.81. The van der Waals surface area contributed by atoms with E-state index in [4.69, 9.17) is 14.2 Å². The van der Waals surface area contributed by atoms with E-state index in [0.29, 0.717) is 25.4 Å². The highest BCUT2D eigenvalue weighted by Crippen LogP contribution is 2.41. The number of fused-ring (bicyclic) bond motifs is 5. The van der Waals surface area contributed by atoms with E-state index in [1.54, 1.807) is 11.0 Å². The van der Waals surface area contributed by atoms with E-state index in [1.807, 2.05) is 6.92 Å². The minimum absolute atomic E-state index is 0.0348. The van der Waals surface area contributed by atoms with Crippen molar-refractivity contribution in [3.63, 3.8) is 0 Å². The number of nitrogens with one attached hydrogen (secondary N) is 1. The molecule has 3 fully saturated rings. The highest BCUT2D eigenvalue weighted by Gasteiger charge is 2.55. The van der Waals surface area contributed by atoms with Gasteiger partial charge in [-0.15, -0.1) is 0 Å². The summed E-state index contributed by atoms with van der Waals surface area (Å²) in [5.41, 5.74) is 0.300. The van der Waals surface area contributed by atoms with Gasteiger partial charge in [-0.1, -0.05) is 6.07 Å². The van der Waals surface area contributed by atoms with Crippen molar-refractivity contribution >= 4 is 11.8 Å². The predicted molar refractivity (Wildman–Crippen MR) is 109 cm³/mol. The van der Waals surface area contributed by atoms with Crippen LogP contribution in [-0.4, -0.2) is 66.9 Å². The maximum absolute atomic E-state index is 14.0. The predicted octanol–water partition coefficient (Wildman–Crippen LogP) is 2.14. The Bertz CT molecular complexity index is 872. The molecule has 31 heavy (non-hydrogen) atoms. The Morgan fingerprint density at radius 2 is 1.97 bits per heavy atom. The van der Waals surface area contributed by atoms with Crippen LogP contribution >= 0.6 is 0 Å². The van der Waals surface area contributed by atoms with Crippen molar-refractivity contribution in [1.29, 1.82) is 0 Å². The number of rotatable bonds is 0. The fourth-order valence-electron chi connectivity index (χ4n) is 5.91. The molecule has 1 saturated carbocycles. The van der Waals surface area contributed by atoms with Gasteiger partial charge in [0.1, 0.15) is 18.2 Å². The maximum atomic E-state index is 14.0. The molecule has 0 unspecified atom stereocenters. The Morgan fingerprint density at radius 3 is 2.74 bits per heavy atom. The number of amides is 2. The maximum Gasteiger partial charge on any atom is 0.261 e. The second kappa shape index (κ2) is 8.06. The zero-order valence-electron chi connectivity index (χ0n) is 17.8. The number of hydrogen-bond donors (Lipinski definition) is 1. The molecule has 0 aromatic heterocycles. The number of carbonyl (C=O) groups is 2. The lowest BCUT2D eigenvalue weighted by atomic mass is 9.82. The number of ether oxygens (including phenoxy) is 3. The summed E-state index contributed by atoms with van der Waals surface area (Å²) in [5.74, 6) is -0.0239. The third-order valence-corrected chi connectivity index (χ3v) is 7.31. The third-order valence-electron chi connectivity index (χ3n) is 7.31. The first-order valence-corrected chi connectivity index (χ1v) is 11.2. The van der Waals surface area contributed by atoms with Crippen LogP contribution < -0.4 is 10.1 Å². The van der Waals surface area contributed by atoms with E-state index >= 15 is 0 Å². The van der Waals surface area contributed by atoms with Gasteiger partial charge in [-0.05, 0) is 56.6 Å². The lowest BCUT2D eigenvalue weighted by Crippen LogP contribution is -2.65. The summed E-state index contributed by atoms with van der Waals surface area (Å²) >= 11 is 0. The SMILES string of the molecule is C[C@@H]1C[C@]2(COCC(=O)N2)[C@H]2CO[C@H]3CC[C@H](CC3)c3ccc(F)cc3OCC(=O)N12. The first-order chi connectivity index (χ1) is 14.9. The number of benzene rings is 1. The molecule has 1 spiro atoms. The van der Waals surface area contributed by atoms with Gasteiger partial charge >= 0.3 is 0 Å². The first-order valence-electron chi connectivity index (χ1n) is 11.2. The summed E-state index contributed by atoms with van der Waals surface area (Å²) in [6.45, 7) is 2.52. The molecular weight excluding hydrogens is 403 g/mol. The number of carbonyl (C=O) groups excluding carboxylic acids is 2. The number of hydrogen-bond acceptors (Lipinski definition) is 5. The summed E-state index contributed by atoms with van der Waals surface area (Å²) in [5, 5.41) is 3.10. The largest absolute Gasteiger partial charge is 0.483 e. The molecule has 0 radical (unpaired) electrons. The van der Waals surface area contributed by atoms with Gasteiger partial charge in [0, 0.05) is 12.1 Å². The molecule has 2 bridgehead atoms. The summed E-state index contributed by atoms with van der Waals surface area (Å²) in [6, 6.07) is 4.17. The van der Waals surface area contributed by atoms with Gasteiger partial charge in [0.05, 0.1) is 30.9 Å². The Balaban J connectivity index is 1.48. The van der Waals surface area contributed by atoms with Gasteiger partial charge in [-0.2, -0.15) is 0 Å². The van der Waals surface area contributed by atoms with Crippen molar-refractivity contribution in [2.24, 2.45) is 0 Å². The molecule has 5 aliphatic rings. The average Bonchev–Trinajstić information content (AvgIpc) is 3.01. The minimum atomic E-state index is -0.661. The molecule has 3 atom stereocenters. The van der Waals surface area contributed by atoms with Crippen molar-refractivity contribution in [3.05, 3.63) is 29.6 Å². The summed E-state index contributed by atoms with van der Waals surface area (Å²) in [6.07, 6.45) is 4.34. The van der Waals surface area contributed by atoms with E-state index in [1.165, 1.54) is 12.1 Å². The van der Waals surface area contributed by atoms with Crippen LogP contribution in [0, 0.1) is 5.82 Å². The monoisotopic (exact) mass is 432 g/mol. The van der Waals surface area contributed by atoms with Crippen LogP contribution in [0.5, 0.6) is 5.75 Å². The molecule has 6 rings (SSSR count). The summed E-state index contributed by atoms with van der Waals surface area (Å²) in [7, 11) is 0. The molecular formula is C23H29FN2O5. The van der Waals surface area contributed by atoms with Gasteiger partial charge in [0.15, 0.2) is 6.61 Å². The van der Waals surface area contributed by atoms with Crippen LogP contribution in [-0.2, 0) is 19.1 Å². The van der Waals surface area contributed by atoms with E-state index in [2.05, 4.69) is 5.32 Å². The van der Waals surface area contributed by atoms with Crippen LogP contribution in [0.25, 0.3) is 0 Å². The highest BCUT2D eigenvalue weighted by atomic mass is 19.1. The van der Waals surface area contributed by atoms with Crippen LogP contribution in [0.1, 0.15) is 50.5 Å². The van der Waals surface area contributed by atoms with Crippen LogP contribution in [0.4, 0.5) is 4.39 Å². The van der Waals surface area contributed by atoms with Crippen molar-refractivity contribution in [2.45, 2.75) is 68.7 Å². The van der Waals surface area contributed by atoms with Crippen molar-refractivity contribution in [1.82, 2.24) is 10.2 Å². The Kier molecular flexibility index (Phi) is 5.38. The molecule has 168 valence electrons. The van der Waals surface area contributed by atoms with Gasteiger partial charge in [0.25, 0.3) is 5.91 Å². The normalized spacial score (nSPS) is 36.0. The fraction of sp³-hybridized carbons (Fsp3) is 0.652. The van der Waals surface area contributed by atoms with Crippen molar-refractivity contribution in [3.8, 4) is 5.75 Å². The zero-order valence-corrected chi connectivity index (χ0v) is 17.8. The van der Waals surface area contributed by atoms with E-state index in [0.717, 1.165) is 31.2 Å². The summed E-state index contributed by atoms with van der Waals surface area (Å²) in [4.78, 5) is 27.2. The average molecular weight is 432 g/mol. The Labute approximate surface area is 181 Å². The molecule has 4 heterocycles. The quantitative estimate of drug-likeness (QED) is 0.680. The Hall–Kier alpha value is -2.19. The number of halogens is 1. The minimum Gasteiger partial charge on any atom is -0.483 e. The van der Waals surface area contributed by atoms with Gasteiger partial charge < -0.3 is 24.4 Å². The topological polar surface area (TPSA) is 77.1 Å². The Morgan fingerprint density at radius 1 is 1.16 bits per heavy atom. The molecule has 7 nitrogen and oxygen atoms in total. The molecule has 8 heteroatoms. The molecule has 2 amide bonds. The standard InChI is InChI=1S/C23H29FN2O5/c1-14-9-23(13-29-11-21(27)25-23)20-10-30-17-5-2-15(3-6-17)18-7-4-16(24)8-19(18)31-12-22(28)26(14)20/h4,7-8,14-15,17,20H,2-3,5-6,9-13H2,1H3,(H,25,27)/t14-,15-,17+,20-,23+/m1/s1. The van der Waals surface area contributed by atoms with E-state index < -0.39 is 5.54 Å². The number of morpholine rings is 1. The van der Waals surface area contributed by atoms with Gasteiger partial charge in [-0.3, -0.25) is 9.59 Å². The van der Waals surface area contributed by atoms with Crippen molar-refractivity contribution in [2.75, 3.05) is 26.4 Å². The molecule has 4 aliphatic heterocycles. The van der Waals surface area contributed by atoms with Crippen LogP contribution in [0.2, 0.25) is 0 Å². The lowest BCUT2D eigenvalue weighted by molar-refractivity contribution is -0.145. The van der Waals surface area contributed by atoms with E-state index in [-0.39, 0.29) is 55.0 Å². The van der Waals surface area contributed by atoms with Gasteiger partial charge in [-0.25, -0.2) is 4.39 Å². The van der Waals surface area contributed by atoms with Crippen LogP contribution in [0.3, 0.4) is 0 Å². The second-order valence-electron chi connectivity index (χ2n) is 9.34. The fourth-order valence-corrected chi connectivity index (χ4v) is 5.91. The first kappa shape index (κ1) is 20.7. The van der Waals surface area contributed by atoms with Crippen LogP contribution in [0.15, 0.2) is 18.2 Å². The van der Waals surface area contributed by atoms with Crippen molar-refractivity contribution < 1.29 is 28.2 Å². The second-order valence-corrected chi connectivity index (χ2v) is 9.34. The molecule has 1 aromatic carbocycles. The lowest BCUT2D eigenvalue weighted by Gasteiger charge is -2.41. The third kappa shape index (κ3) is 3.80. The molecule has 1 aliphatic carbocycles. The zero-order chi connectivity index (χ0) is 21.6. The molecule has 1 N–H and O–H groups in total. The van der Waals surface area contributed by atoms with Gasteiger partial charge in [0.2, 0.25) is 5.91 Å².